The molecule has 0 unspecified atom stereocenters. The number of para-hydroxylation sites is 4. The van der Waals surface area contributed by atoms with Gasteiger partial charge in [0.1, 0.15) is 6.33 Å². The molecule has 12 nitrogen and oxygen atoms in total. The van der Waals surface area contributed by atoms with E-state index in [1.54, 1.807) is 49.7 Å². The lowest BCUT2D eigenvalue weighted by atomic mass is 10.2. The Labute approximate surface area is 595 Å². The van der Waals surface area contributed by atoms with E-state index >= 15 is 0 Å². The van der Waals surface area contributed by atoms with Gasteiger partial charge >= 0.3 is 0 Å². The number of benzene rings is 6. The van der Waals surface area contributed by atoms with Crippen LogP contribution in [-0.2, 0) is 0 Å². The molecule has 0 saturated heterocycles. The van der Waals surface area contributed by atoms with Crippen LogP contribution in [0.2, 0.25) is 0 Å². The molecule has 0 aliphatic heterocycles. The molecule has 0 fully saturated rings. The van der Waals surface area contributed by atoms with Crippen LogP contribution in [0.1, 0.15) is 194 Å². The Balaban J connectivity index is -0.000000186. The van der Waals surface area contributed by atoms with Crippen LogP contribution in [0, 0.1) is 0 Å². The number of fused-ring (bicyclic) bond motifs is 7. The predicted molar refractivity (Wildman–Crippen MR) is 440 cm³/mol. The smallest absolute Gasteiger partial charge is 0.159 e. The van der Waals surface area contributed by atoms with Crippen molar-refractivity contribution in [3.05, 3.63) is 269 Å². The maximum absolute atomic E-state index is 4.18. The van der Waals surface area contributed by atoms with Gasteiger partial charge in [-0.25, -0.2) is 19.9 Å². The average Bonchev–Trinajstić information content (AvgIpc) is 1.86. The topological polar surface area (TPSA) is 155 Å². The molecule has 98 heavy (non-hydrogen) atoms. The first kappa shape index (κ1) is 102. The lowest BCUT2D eigenvalue weighted by Gasteiger charge is -1.91. The van der Waals surface area contributed by atoms with Gasteiger partial charge in [-0.2, -0.15) is 20.4 Å². The second kappa shape index (κ2) is 83.2. The molecule has 0 radical (unpaired) electrons. The zero-order valence-electron chi connectivity index (χ0n) is 65.8. The van der Waals surface area contributed by atoms with Crippen molar-refractivity contribution in [2.24, 2.45) is 0 Å². The Hall–Kier alpha value is -9.94. The lowest BCUT2D eigenvalue weighted by molar-refractivity contribution is 1.05. The first-order chi connectivity index (χ1) is 48.8. The van der Waals surface area contributed by atoms with Gasteiger partial charge in [-0.3, -0.25) is 19.9 Å². The Kier molecular flexibility index (Phi) is 86.2. The van der Waals surface area contributed by atoms with Gasteiger partial charge < -0.3 is 0 Å². The summed E-state index contributed by atoms with van der Waals surface area (Å²) >= 11 is 0. The monoisotopic (exact) mass is 1330 g/mol. The van der Waals surface area contributed by atoms with E-state index in [2.05, 4.69) is 84.5 Å². The van der Waals surface area contributed by atoms with Crippen molar-refractivity contribution in [3.8, 4) is 0 Å². The zero-order chi connectivity index (χ0) is 75.7. The van der Waals surface area contributed by atoms with E-state index in [1.807, 2.05) is 389 Å². The first-order valence-electron chi connectivity index (χ1n) is 36.1. The molecule has 0 spiro atoms. The maximum Gasteiger partial charge on any atom is 0.159 e. The van der Waals surface area contributed by atoms with Crippen LogP contribution in [-0.4, -0.2) is 60.3 Å². The van der Waals surface area contributed by atoms with Gasteiger partial charge in [0.2, 0.25) is 0 Å². The molecule has 0 atom stereocenters. The molecule has 0 amide bonds. The van der Waals surface area contributed by atoms with Crippen molar-refractivity contribution < 1.29 is 0 Å². The fourth-order valence-electron chi connectivity index (χ4n) is 6.65. The van der Waals surface area contributed by atoms with E-state index < -0.39 is 0 Å². The molecule has 6 aromatic carbocycles. The van der Waals surface area contributed by atoms with Crippen LogP contribution in [0.25, 0.3) is 76.3 Å². The average molecular weight is 1330 g/mol. The molecule has 8 heterocycles. The van der Waals surface area contributed by atoms with Crippen molar-refractivity contribution in [1.29, 1.82) is 0 Å². The highest BCUT2D eigenvalue weighted by atomic mass is 15.1. The third-order valence-corrected chi connectivity index (χ3v) is 10.1. The summed E-state index contributed by atoms with van der Waals surface area (Å²) in [5.41, 5.74) is 5.72. The molecular formula is C86H128N12. The molecule has 0 aliphatic carbocycles. The van der Waals surface area contributed by atoms with E-state index in [-0.39, 0.29) is 0 Å². The van der Waals surface area contributed by atoms with E-state index in [4.69, 9.17) is 0 Å². The van der Waals surface area contributed by atoms with Crippen LogP contribution in [0.4, 0.5) is 0 Å². The van der Waals surface area contributed by atoms with Crippen molar-refractivity contribution in [1.82, 2.24) is 60.3 Å². The molecule has 8 aromatic heterocycles. The number of pyridine rings is 4. The minimum absolute atomic E-state index is 0.810. The van der Waals surface area contributed by atoms with Gasteiger partial charge in [0.25, 0.3) is 0 Å². The quantitative estimate of drug-likeness (QED) is 0.142. The molecule has 532 valence electrons. The van der Waals surface area contributed by atoms with Crippen molar-refractivity contribution in [2.75, 3.05) is 0 Å². The van der Waals surface area contributed by atoms with Crippen molar-refractivity contribution in [3.63, 3.8) is 0 Å². The summed E-state index contributed by atoms with van der Waals surface area (Å²) in [7, 11) is 0. The third-order valence-electron chi connectivity index (χ3n) is 10.1. The van der Waals surface area contributed by atoms with Gasteiger partial charge in [0.15, 0.2) is 5.65 Å². The van der Waals surface area contributed by atoms with Gasteiger partial charge in [-0.05, 0) is 83.6 Å². The second-order valence-corrected chi connectivity index (χ2v) is 14.8. The number of aromatic nitrogens is 12. The molecule has 0 bridgehead atoms. The van der Waals surface area contributed by atoms with Crippen LogP contribution in [0.3, 0.4) is 0 Å². The second-order valence-electron chi connectivity index (χ2n) is 14.8. The summed E-state index contributed by atoms with van der Waals surface area (Å²) in [6.07, 6.45) is 21.0. The minimum atomic E-state index is 0.810. The highest BCUT2D eigenvalue weighted by Gasteiger charge is 1.93. The molecular weight excluding hydrogens is 1200 g/mol. The summed E-state index contributed by atoms with van der Waals surface area (Å²) in [4.78, 5) is 32.5. The molecule has 0 N–H and O–H groups in total. The number of nitrogens with zero attached hydrogens (tertiary/aromatic N) is 12. The Morgan fingerprint density at radius 2 is 0.469 bits per heavy atom. The summed E-state index contributed by atoms with van der Waals surface area (Å²) in [5, 5.41) is 24.5. The standard InChI is InChI=1S/2C9H7N.5C8H6N2.14C2H6/c1-2-6-9-8(4-1)5-3-7-10-9;1-2-4-9-7-10-6-5-8(9)3-1;1-3-7-4-2-6-10-8(7)9-5-1;1-2-4-8-7(3-1)5-9-6-10-8;1-2-4-8-6-10-9-5-7(8)3-1;1-2-4-8-7(3-1)9-5-6-10-8;1-2-4-8-7(3-1)5-6-9-10-8;14*1-2/h2*1-7H;5*1-6H;14*1-2H3. The number of hydrogen-bond donors (Lipinski definition) is 0. The predicted octanol–water partition coefficient (Wildman–Crippen LogP) is 27.0. The largest absolute Gasteiger partial charge is 0.264 e. The van der Waals surface area contributed by atoms with Gasteiger partial charge in [-0.15, -0.1) is 0 Å². The SMILES string of the molecule is CC.CC.CC.CC.CC.CC.CC.CC.CC.CC.CC.CC.CC.CC.c1ccc2cnccc2c1.c1ccc2cnncc2c1.c1ccc2ncccc2c1.c1ccc2nccnc2c1.c1ccc2ncncc2c1.c1ccc2nnccc2c1.c1cnc2ncccc2c1. The van der Waals surface area contributed by atoms with Crippen molar-refractivity contribution >= 4 is 76.3 Å². The zero-order valence-corrected chi connectivity index (χ0v) is 65.8. The van der Waals surface area contributed by atoms with Gasteiger partial charge in [0.05, 0.1) is 46.2 Å². The highest BCUT2D eigenvalue weighted by molar-refractivity contribution is 5.82. The van der Waals surface area contributed by atoms with E-state index in [0.717, 1.165) is 60.2 Å². The Morgan fingerprint density at radius 3 is 0.867 bits per heavy atom. The molecule has 0 saturated carbocycles. The first-order valence-corrected chi connectivity index (χ1v) is 36.1. The van der Waals surface area contributed by atoms with E-state index in [0.29, 0.717) is 0 Å². The van der Waals surface area contributed by atoms with Crippen LogP contribution in [0.15, 0.2) is 269 Å². The molecule has 14 rings (SSSR count). The minimum Gasteiger partial charge on any atom is -0.264 e. The summed E-state index contributed by atoms with van der Waals surface area (Å²) in [6.45, 7) is 56.0. The molecule has 0 aliphatic rings. The van der Waals surface area contributed by atoms with Crippen LogP contribution in [0.5, 0.6) is 0 Å². The van der Waals surface area contributed by atoms with Crippen LogP contribution < -0.4 is 0 Å². The summed E-state index contributed by atoms with van der Waals surface area (Å²) < 4.78 is 0. The number of hydrogen-bond acceptors (Lipinski definition) is 12. The molecule has 14 aromatic rings. The Morgan fingerprint density at radius 1 is 0.173 bits per heavy atom. The van der Waals surface area contributed by atoms with Crippen LogP contribution >= 0.6 is 0 Å². The lowest BCUT2D eigenvalue weighted by Crippen LogP contribution is -1.79. The maximum atomic E-state index is 4.18. The third kappa shape index (κ3) is 46.2. The van der Waals surface area contributed by atoms with Gasteiger partial charge in [0, 0.05) is 81.9 Å². The van der Waals surface area contributed by atoms with Crippen molar-refractivity contribution in [2.45, 2.75) is 194 Å². The normalized spacial score (nSPS) is 8.00. The summed E-state index contributed by atoms with van der Waals surface area (Å²) in [5.74, 6) is 0. The van der Waals surface area contributed by atoms with E-state index in [1.165, 1.54) is 16.2 Å². The molecule has 12 heteroatoms. The fourth-order valence-corrected chi connectivity index (χ4v) is 6.65. The van der Waals surface area contributed by atoms with Gasteiger partial charge in [-0.1, -0.05) is 315 Å². The highest BCUT2D eigenvalue weighted by Crippen LogP contribution is 2.12. The van der Waals surface area contributed by atoms with E-state index in [9.17, 15) is 0 Å². The summed E-state index contributed by atoms with van der Waals surface area (Å²) in [6, 6.07) is 63.7. The Bertz CT molecular complexity index is 2650. The fraction of sp³-hybridized carbons (Fsp3) is 0.326. The number of rotatable bonds is 0.